The lowest BCUT2D eigenvalue weighted by Crippen LogP contribution is -2.05. The molecule has 0 atom stereocenters. The number of benzene rings is 1. The van der Waals surface area contributed by atoms with Crippen molar-refractivity contribution in [3.05, 3.63) is 54.1 Å². The van der Waals surface area contributed by atoms with Crippen molar-refractivity contribution < 1.29 is 4.39 Å². The molecule has 0 saturated carbocycles. The number of hydrogen-bond donors (Lipinski definition) is 1. The van der Waals surface area contributed by atoms with Crippen molar-refractivity contribution in [2.24, 2.45) is 0 Å². The van der Waals surface area contributed by atoms with E-state index in [-0.39, 0.29) is 5.82 Å². The average Bonchev–Trinajstić information content (AvgIpc) is 2.31. The van der Waals surface area contributed by atoms with E-state index >= 15 is 0 Å². The molecular weight excluding hydrogens is 203 g/mol. The first kappa shape index (κ1) is 10.8. The lowest BCUT2D eigenvalue weighted by Gasteiger charge is -2.05. The van der Waals surface area contributed by atoms with Crippen molar-refractivity contribution >= 4 is 0 Å². The Balaban J connectivity index is 2.37. The maximum absolute atomic E-state index is 13.8. The maximum Gasteiger partial charge on any atom is 0.131 e. The molecule has 0 amide bonds. The van der Waals surface area contributed by atoms with Crippen molar-refractivity contribution in [3.8, 4) is 11.1 Å². The van der Waals surface area contributed by atoms with E-state index in [1.54, 1.807) is 36.7 Å². The molecule has 0 spiro atoms. The monoisotopic (exact) mass is 216 g/mol. The highest BCUT2D eigenvalue weighted by molar-refractivity contribution is 5.63. The summed E-state index contributed by atoms with van der Waals surface area (Å²) in [7, 11) is 1.84. The lowest BCUT2D eigenvalue weighted by molar-refractivity contribution is 0.627. The van der Waals surface area contributed by atoms with Crippen LogP contribution in [0.1, 0.15) is 5.56 Å². The fraction of sp³-hybridized carbons (Fsp3) is 0.154. The first-order chi connectivity index (χ1) is 7.81. The summed E-state index contributed by atoms with van der Waals surface area (Å²) in [4.78, 5) is 3.92. The minimum absolute atomic E-state index is 0.195. The van der Waals surface area contributed by atoms with E-state index in [0.717, 1.165) is 11.1 Å². The molecule has 2 aromatic rings. The topological polar surface area (TPSA) is 24.9 Å². The Morgan fingerprint density at radius 3 is 2.56 bits per heavy atom. The zero-order chi connectivity index (χ0) is 11.4. The van der Waals surface area contributed by atoms with Crippen molar-refractivity contribution in [2.45, 2.75) is 6.54 Å². The molecule has 1 heterocycles. The summed E-state index contributed by atoms with van der Waals surface area (Å²) in [6.45, 7) is 0.674. The van der Waals surface area contributed by atoms with E-state index in [1.165, 1.54) is 0 Å². The largest absolute Gasteiger partial charge is 0.316 e. The smallest absolute Gasteiger partial charge is 0.131 e. The van der Waals surface area contributed by atoms with E-state index in [2.05, 4.69) is 10.3 Å². The van der Waals surface area contributed by atoms with Crippen LogP contribution in [-0.2, 0) is 6.54 Å². The molecular formula is C13H13FN2. The fourth-order valence-electron chi connectivity index (χ4n) is 1.64. The number of hydrogen-bond acceptors (Lipinski definition) is 2. The van der Waals surface area contributed by atoms with Gasteiger partial charge in [0.1, 0.15) is 5.82 Å². The van der Waals surface area contributed by atoms with Gasteiger partial charge in [-0.25, -0.2) is 4.39 Å². The predicted molar refractivity (Wildman–Crippen MR) is 62.4 cm³/mol. The second-order valence-electron chi connectivity index (χ2n) is 3.58. The van der Waals surface area contributed by atoms with Gasteiger partial charge in [0.25, 0.3) is 0 Å². The van der Waals surface area contributed by atoms with Gasteiger partial charge >= 0.3 is 0 Å². The van der Waals surface area contributed by atoms with E-state index < -0.39 is 0 Å². The number of aromatic nitrogens is 1. The third-order valence-electron chi connectivity index (χ3n) is 2.41. The zero-order valence-corrected chi connectivity index (χ0v) is 9.07. The van der Waals surface area contributed by atoms with Gasteiger partial charge in [-0.3, -0.25) is 4.98 Å². The van der Waals surface area contributed by atoms with Gasteiger partial charge in [-0.1, -0.05) is 12.1 Å². The summed E-state index contributed by atoms with van der Waals surface area (Å²) < 4.78 is 13.8. The van der Waals surface area contributed by atoms with Gasteiger partial charge in [0, 0.05) is 24.5 Å². The first-order valence-corrected chi connectivity index (χ1v) is 5.14. The Kier molecular flexibility index (Phi) is 3.27. The molecule has 0 saturated heterocycles. The van der Waals surface area contributed by atoms with E-state index in [4.69, 9.17) is 0 Å². The quantitative estimate of drug-likeness (QED) is 0.853. The molecule has 1 aromatic heterocycles. The van der Waals surface area contributed by atoms with Crippen molar-refractivity contribution in [1.29, 1.82) is 0 Å². The summed E-state index contributed by atoms with van der Waals surface area (Å²) in [5.41, 5.74) is 2.41. The van der Waals surface area contributed by atoms with Crippen molar-refractivity contribution in [1.82, 2.24) is 10.3 Å². The molecule has 0 aliphatic heterocycles. The first-order valence-electron chi connectivity index (χ1n) is 5.14. The van der Waals surface area contributed by atoms with Crippen molar-refractivity contribution in [2.75, 3.05) is 7.05 Å². The minimum Gasteiger partial charge on any atom is -0.316 e. The second-order valence-corrected chi connectivity index (χ2v) is 3.58. The molecule has 2 rings (SSSR count). The van der Waals surface area contributed by atoms with Gasteiger partial charge < -0.3 is 5.32 Å². The Labute approximate surface area is 94.2 Å². The second kappa shape index (κ2) is 4.86. The molecule has 0 unspecified atom stereocenters. The Morgan fingerprint density at radius 1 is 1.19 bits per heavy atom. The number of halogens is 1. The van der Waals surface area contributed by atoms with Crippen LogP contribution >= 0.6 is 0 Å². The van der Waals surface area contributed by atoms with Gasteiger partial charge in [0.2, 0.25) is 0 Å². The Bertz CT molecular complexity index is 469. The molecule has 0 fully saturated rings. The van der Waals surface area contributed by atoms with E-state index in [1.807, 2.05) is 13.1 Å². The van der Waals surface area contributed by atoms with Crippen LogP contribution in [0.25, 0.3) is 11.1 Å². The van der Waals surface area contributed by atoms with Crippen LogP contribution in [0.15, 0.2) is 42.7 Å². The van der Waals surface area contributed by atoms with Gasteiger partial charge in [-0.05, 0) is 36.4 Å². The third kappa shape index (κ3) is 2.25. The molecule has 1 N–H and O–H groups in total. The van der Waals surface area contributed by atoms with Gasteiger partial charge in [0.15, 0.2) is 0 Å². The number of pyridine rings is 1. The molecule has 3 heteroatoms. The highest BCUT2D eigenvalue weighted by Crippen LogP contribution is 2.22. The molecule has 2 nitrogen and oxygen atoms in total. The maximum atomic E-state index is 13.8. The summed E-state index contributed by atoms with van der Waals surface area (Å²) in [5.74, 6) is -0.195. The number of rotatable bonds is 3. The highest BCUT2D eigenvalue weighted by Gasteiger charge is 2.05. The molecule has 16 heavy (non-hydrogen) atoms. The summed E-state index contributed by atoms with van der Waals surface area (Å²) in [6, 6.07) is 8.89. The number of nitrogens with one attached hydrogen (secondary N) is 1. The molecule has 0 radical (unpaired) electrons. The number of nitrogens with zero attached hydrogens (tertiary/aromatic N) is 1. The summed E-state index contributed by atoms with van der Waals surface area (Å²) in [6.07, 6.45) is 3.33. The Morgan fingerprint density at radius 2 is 1.94 bits per heavy atom. The van der Waals surface area contributed by atoms with Crippen LogP contribution in [0.3, 0.4) is 0 Å². The van der Waals surface area contributed by atoms with Gasteiger partial charge in [0.05, 0.1) is 0 Å². The van der Waals surface area contributed by atoms with Gasteiger partial charge in [-0.15, -0.1) is 0 Å². The summed E-state index contributed by atoms with van der Waals surface area (Å²) in [5, 5.41) is 2.99. The zero-order valence-electron chi connectivity index (χ0n) is 9.07. The van der Waals surface area contributed by atoms with Crippen molar-refractivity contribution in [3.63, 3.8) is 0 Å². The predicted octanol–water partition coefficient (Wildman–Crippen LogP) is 2.61. The van der Waals surface area contributed by atoms with Crippen LogP contribution in [0.4, 0.5) is 4.39 Å². The van der Waals surface area contributed by atoms with Crippen LogP contribution < -0.4 is 5.32 Å². The normalized spacial score (nSPS) is 10.4. The van der Waals surface area contributed by atoms with Gasteiger partial charge in [-0.2, -0.15) is 0 Å². The standard InChI is InChI=1S/C13H13FN2/c1-15-9-10-2-3-12(13(14)8-10)11-4-6-16-7-5-11/h2-8,15H,9H2,1H3. The SMILES string of the molecule is CNCc1ccc(-c2ccncc2)c(F)c1. The van der Waals surface area contributed by atoms with E-state index in [0.29, 0.717) is 12.1 Å². The average molecular weight is 216 g/mol. The van der Waals surface area contributed by atoms with Crippen LogP contribution in [-0.4, -0.2) is 12.0 Å². The lowest BCUT2D eigenvalue weighted by atomic mass is 10.0. The Hall–Kier alpha value is -1.74. The van der Waals surface area contributed by atoms with Crippen LogP contribution in [0.5, 0.6) is 0 Å². The molecule has 82 valence electrons. The molecule has 0 bridgehead atoms. The van der Waals surface area contributed by atoms with Crippen LogP contribution in [0, 0.1) is 5.82 Å². The third-order valence-corrected chi connectivity index (χ3v) is 2.41. The van der Waals surface area contributed by atoms with Crippen LogP contribution in [0.2, 0.25) is 0 Å². The highest BCUT2D eigenvalue weighted by atomic mass is 19.1. The molecule has 1 aromatic carbocycles. The fourth-order valence-corrected chi connectivity index (χ4v) is 1.64. The minimum atomic E-state index is -0.195. The van der Waals surface area contributed by atoms with E-state index in [9.17, 15) is 4.39 Å². The summed E-state index contributed by atoms with van der Waals surface area (Å²) >= 11 is 0. The molecule has 0 aliphatic rings. The molecule has 0 aliphatic carbocycles.